The molecule has 96 valence electrons. The van der Waals surface area contributed by atoms with Crippen LogP contribution in [0.2, 0.25) is 0 Å². The number of nitrogens with zero attached hydrogens (tertiary/aromatic N) is 2. The van der Waals surface area contributed by atoms with Crippen LogP contribution in [0.15, 0.2) is 39.5 Å². The van der Waals surface area contributed by atoms with E-state index >= 15 is 0 Å². The molecule has 0 atom stereocenters. The maximum atomic E-state index is 12.3. The number of aromatic nitrogens is 1. The topological polar surface area (TPSA) is 38.4 Å². The van der Waals surface area contributed by atoms with Gasteiger partial charge in [-0.25, -0.2) is 0 Å². The lowest BCUT2D eigenvalue weighted by molar-refractivity contribution is 0.0765. The Bertz CT molecular complexity index is 531. The summed E-state index contributed by atoms with van der Waals surface area (Å²) in [6, 6.07) is 5.52. The van der Waals surface area contributed by atoms with E-state index in [1.807, 2.05) is 35.9 Å². The highest BCUT2D eigenvalue weighted by molar-refractivity contribution is 9.10. The van der Waals surface area contributed by atoms with Crippen molar-refractivity contribution in [3.8, 4) is 0 Å². The molecule has 5 heteroatoms. The van der Waals surface area contributed by atoms with Gasteiger partial charge in [0.1, 0.15) is 11.5 Å². The van der Waals surface area contributed by atoms with Crippen molar-refractivity contribution >= 4 is 21.8 Å². The molecular formula is C13H15BrN2O2. The normalized spacial score (nSPS) is 10.6. The van der Waals surface area contributed by atoms with Gasteiger partial charge < -0.3 is 13.9 Å². The van der Waals surface area contributed by atoms with Crippen LogP contribution in [0.1, 0.15) is 23.2 Å². The van der Waals surface area contributed by atoms with Crippen molar-refractivity contribution in [3.63, 3.8) is 0 Å². The smallest absolute Gasteiger partial charge is 0.270 e. The summed E-state index contributed by atoms with van der Waals surface area (Å²) in [5.41, 5.74) is 0.679. The van der Waals surface area contributed by atoms with Gasteiger partial charge in [-0.3, -0.25) is 4.79 Å². The van der Waals surface area contributed by atoms with Gasteiger partial charge in [0.2, 0.25) is 0 Å². The van der Waals surface area contributed by atoms with Gasteiger partial charge in [-0.1, -0.05) is 0 Å². The zero-order valence-electron chi connectivity index (χ0n) is 10.4. The molecule has 0 aliphatic carbocycles. The Labute approximate surface area is 114 Å². The zero-order chi connectivity index (χ0) is 13.1. The highest BCUT2D eigenvalue weighted by atomic mass is 79.9. The lowest BCUT2D eigenvalue weighted by atomic mass is 10.3. The minimum Gasteiger partial charge on any atom is -0.467 e. The molecule has 0 saturated heterocycles. The van der Waals surface area contributed by atoms with Gasteiger partial charge in [0.25, 0.3) is 5.91 Å². The monoisotopic (exact) mass is 310 g/mol. The van der Waals surface area contributed by atoms with Crippen molar-refractivity contribution in [1.29, 1.82) is 0 Å². The van der Waals surface area contributed by atoms with Crippen molar-refractivity contribution < 1.29 is 9.21 Å². The van der Waals surface area contributed by atoms with E-state index in [9.17, 15) is 4.79 Å². The van der Waals surface area contributed by atoms with Crippen molar-refractivity contribution in [2.45, 2.75) is 20.0 Å². The van der Waals surface area contributed by atoms with Gasteiger partial charge in [-0.2, -0.15) is 0 Å². The molecule has 2 heterocycles. The van der Waals surface area contributed by atoms with Gasteiger partial charge in [-0.05, 0) is 41.1 Å². The van der Waals surface area contributed by atoms with Gasteiger partial charge in [-0.15, -0.1) is 0 Å². The highest BCUT2D eigenvalue weighted by Crippen LogP contribution is 2.17. The van der Waals surface area contributed by atoms with Crippen LogP contribution in [-0.4, -0.2) is 22.4 Å². The number of halogens is 1. The molecule has 0 aliphatic heterocycles. The van der Waals surface area contributed by atoms with E-state index in [1.165, 1.54) is 0 Å². The van der Waals surface area contributed by atoms with Crippen LogP contribution in [0.4, 0.5) is 0 Å². The third kappa shape index (κ3) is 2.67. The van der Waals surface area contributed by atoms with E-state index < -0.39 is 0 Å². The first-order valence-electron chi connectivity index (χ1n) is 5.75. The van der Waals surface area contributed by atoms with E-state index in [0.717, 1.165) is 16.8 Å². The van der Waals surface area contributed by atoms with Crippen molar-refractivity contribution in [3.05, 3.63) is 46.6 Å². The molecular weight excluding hydrogens is 296 g/mol. The number of carbonyl (C=O) groups excluding carboxylic acids is 1. The first-order chi connectivity index (χ1) is 8.61. The lowest BCUT2D eigenvalue weighted by Crippen LogP contribution is -2.27. The molecule has 1 amide bonds. The van der Waals surface area contributed by atoms with Crippen LogP contribution in [0.5, 0.6) is 0 Å². The first-order valence-corrected chi connectivity index (χ1v) is 6.54. The summed E-state index contributed by atoms with van der Waals surface area (Å²) in [6.45, 7) is 3.25. The molecule has 2 aromatic rings. The Kier molecular flexibility index (Phi) is 3.91. The molecule has 0 aromatic carbocycles. The third-order valence-corrected chi connectivity index (χ3v) is 3.18. The maximum Gasteiger partial charge on any atom is 0.270 e. The fourth-order valence-electron chi connectivity index (χ4n) is 1.82. The lowest BCUT2D eigenvalue weighted by Gasteiger charge is -2.16. The second-order valence-electron chi connectivity index (χ2n) is 4.07. The average Bonchev–Trinajstić information content (AvgIpc) is 2.97. The van der Waals surface area contributed by atoms with Crippen LogP contribution in [0.3, 0.4) is 0 Å². The molecule has 4 nitrogen and oxygen atoms in total. The van der Waals surface area contributed by atoms with Crippen molar-refractivity contribution in [1.82, 2.24) is 9.47 Å². The Morgan fingerprint density at radius 3 is 2.94 bits per heavy atom. The molecule has 0 unspecified atom stereocenters. The number of amides is 1. The quantitative estimate of drug-likeness (QED) is 0.870. The summed E-state index contributed by atoms with van der Waals surface area (Å²) >= 11 is 3.39. The molecule has 0 spiro atoms. The van der Waals surface area contributed by atoms with Gasteiger partial charge in [0, 0.05) is 24.3 Å². The number of rotatable bonds is 4. The highest BCUT2D eigenvalue weighted by Gasteiger charge is 2.17. The van der Waals surface area contributed by atoms with Crippen LogP contribution >= 0.6 is 15.9 Å². The number of aryl methyl sites for hydroxylation is 1. The predicted octanol–water partition coefficient (Wildman–Crippen LogP) is 3.14. The van der Waals surface area contributed by atoms with Crippen molar-refractivity contribution in [2.24, 2.45) is 0 Å². The fourth-order valence-corrected chi connectivity index (χ4v) is 2.28. The number of furan rings is 1. The van der Waals surface area contributed by atoms with Gasteiger partial charge in [0.15, 0.2) is 0 Å². The Balaban J connectivity index is 2.15. The van der Waals surface area contributed by atoms with E-state index in [1.54, 1.807) is 18.2 Å². The van der Waals surface area contributed by atoms with Gasteiger partial charge in [0.05, 0.1) is 12.8 Å². The number of carbonyl (C=O) groups is 1. The zero-order valence-corrected chi connectivity index (χ0v) is 12.0. The van der Waals surface area contributed by atoms with Crippen LogP contribution in [0.25, 0.3) is 0 Å². The minimum absolute atomic E-state index is 0.0149. The standard InChI is InChI=1S/C13H15BrN2O2/c1-3-16-8-10(14)7-12(16)13(17)15(2)9-11-5-4-6-18-11/h4-8H,3,9H2,1-2H3. The summed E-state index contributed by atoms with van der Waals surface area (Å²) in [7, 11) is 1.77. The predicted molar refractivity (Wildman–Crippen MR) is 72.3 cm³/mol. The summed E-state index contributed by atoms with van der Waals surface area (Å²) < 4.78 is 8.08. The summed E-state index contributed by atoms with van der Waals surface area (Å²) in [4.78, 5) is 14.0. The minimum atomic E-state index is -0.0149. The molecule has 18 heavy (non-hydrogen) atoms. The molecule has 0 aliphatic rings. The molecule has 0 radical (unpaired) electrons. The second kappa shape index (κ2) is 5.44. The number of hydrogen-bond acceptors (Lipinski definition) is 2. The third-order valence-electron chi connectivity index (χ3n) is 2.74. The maximum absolute atomic E-state index is 12.3. The van der Waals surface area contributed by atoms with Crippen LogP contribution in [-0.2, 0) is 13.1 Å². The van der Waals surface area contributed by atoms with Crippen molar-refractivity contribution in [2.75, 3.05) is 7.05 Å². The summed E-state index contributed by atoms with van der Waals surface area (Å²) in [5.74, 6) is 0.762. The Hall–Kier alpha value is -1.49. The second-order valence-corrected chi connectivity index (χ2v) is 4.99. The largest absolute Gasteiger partial charge is 0.467 e. The van der Waals surface area contributed by atoms with E-state index in [-0.39, 0.29) is 5.91 Å². The van der Waals surface area contributed by atoms with E-state index in [4.69, 9.17) is 4.42 Å². The Morgan fingerprint density at radius 2 is 2.33 bits per heavy atom. The molecule has 0 bridgehead atoms. The average molecular weight is 311 g/mol. The van der Waals surface area contributed by atoms with Crippen LogP contribution in [0, 0.1) is 0 Å². The van der Waals surface area contributed by atoms with E-state index in [2.05, 4.69) is 15.9 Å². The first kappa shape index (κ1) is 13.0. The van der Waals surface area contributed by atoms with E-state index in [0.29, 0.717) is 12.2 Å². The Morgan fingerprint density at radius 1 is 1.56 bits per heavy atom. The van der Waals surface area contributed by atoms with Crippen LogP contribution < -0.4 is 0 Å². The molecule has 0 saturated carbocycles. The van der Waals surface area contributed by atoms with Gasteiger partial charge >= 0.3 is 0 Å². The molecule has 0 N–H and O–H groups in total. The summed E-state index contributed by atoms with van der Waals surface area (Å²) in [5, 5.41) is 0. The number of hydrogen-bond donors (Lipinski definition) is 0. The molecule has 2 rings (SSSR count). The molecule has 0 fully saturated rings. The summed E-state index contributed by atoms with van der Waals surface area (Å²) in [6.07, 6.45) is 3.52. The fraction of sp³-hybridized carbons (Fsp3) is 0.308. The molecule has 2 aromatic heterocycles. The SMILES string of the molecule is CCn1cc(Br)cc1C(=O)N(C)Cc1ccco1.